The first-order valence-electron chi connectivity index (χ1n) is 12.0. The molecule has 210 valence electrons. The van der Waals surface area contributed by atoms with E-state index in [0.717, 1.165) is 12.1 Å². The Bertz CT molecular complexity index is 1530. The predicted octanol–water partition coefficient (Wildman–Crippen LogP) is 8.88. The topological polar surface area (TPSA) is 76.1 Å². The number of pyridine rings is 1. The third-order valence-corrected chi connectivity index (χ3v) is 5.70. The first kappa shape index (κ1) is 28.8. The van der Waals surface area contributed by atoms with E-state index in [1.165, 1.54) is 19.2 Å². The normalized spacial score (nSPS) is 11.7. The van der Waals surface area contributed by atoms with Gasteiger partial charge >= 0.3 is 12.5 Å². The number of rotatable bonds is 6. The average Bonchev–Trinajstić information content (AvgIpc) is 2.84. The van der Waals surface area contributed by atoms with Gasteiger partial charge in [-0.15, -0.1) is 13.2 Å². The summed E-state index contributed by atoms with van der Waals surface area (Å²) in [5.41, 5.74) is 1.45. The Hall–Kier alpha value is -4.18. The van der Waals surface area contributed by atoms with Crippen molar-refractivity contribution in [3.63, 3.8) is 0 Å². The van der Waals surface area contributed by atoms with Crippen molar-refractivity contribution in [2.75, 3.05) is 7.11 Å². The van der Waals surface area contributed by atoms with E-state index in [1.54, 1.807) is 64.1 Å². The molecule has 0 bridgehead atoms. The predicted molar refractivity (Wildman–Crippen MR) is 144 cm³/mol. The van der Waals surface area contributed by atoms with Gasteiger partial charge in [0.25, 0.3) is 0 Å². The number of nitrogens with zero attached hydrogens (tertiary/aromatic N) is 1. The van der Waals surface area contributed by atoms with Crippen molar-refractivity contribution < 1.29 is 41.7 Å². The molecule has 0 aliphatic carbocycles. The molecule has 7 nitrogen and oxygen atoms in total. The number of aromatic nitrogens is 1. The smallest absolute Gasteiger partial charge is 0.495 e. The minimum atomic E-state index is -4.78. The monoisotopic (exact) mass is 575 g/mol. The highest BCUT2D eigenvalue weighted by Crippen LogP contribution is 2.42. The summed E-state index contributed by atoms with van der Waals surface area (Å²) in [7, 11) is 1.49. The van der Waals surface area contributed by atoms with E-state index in [1.807, 2.05) is 0 Å². The third kappa shape index (κ3) is 7.06. The molecule has 0 aliphatic rings. The number of alkyl halides is 3. The number of carbonyl (C=O) groups is 1. The maximum absolute atomic E-state index is 12.7. The van der Waals surface area contributed by atoms with Crippen molar-refractivity contribution in [3.05, 3.63) is 71.4 Å². The fraction of sp³-hybridized carbons (Fsp3) is 0.241. The van der Waals surface area contributed by atoms with Gasteiger partial charge < -0.3 is 23.7 Å². The molecular weight excluding hydrogens is 551 g/mol. The third-order valence-electron chi connectivity index (χ3n) is 5.40. The lowest BCUT2D eigenvalue weighted by Gasteiger charge is -2.21. The summed E-state index contributed by atoms with van der Waals surface area (Å²) >= 11 is 6.39. The lowest BCUT2D eigenvalue weighted by Crippen LogP contribution is -2.26. The quantitative estimate of drug-likeness (QED) is 0.212. The fourth-order valence-electron chi connectivity index (χ4n) is 3.84. The maximum atomic E-state index is 12.7. The van der Waals surface area contributed by atoms with Gasteiger partial charge in [0.15, 0.2) is 5.75 Å². The molecule has 3 aromatic carbocycles. The maximum Gasteiger partial charge on any atom is 0.573 e. The van der Waals surface area contributed by atoms with Crippen LogP contribution in [0.1, 0.15) is 26.5 Å². The molecule has 40 heavy (non-hydrogen) atoms. The number of halogens is 4. The Labute approximate surface area is 233 Å². The SMILES string of the molecule is COc1cc2nc(C)c(-c3ccc(Oc4ccc(OC(F)(F)F)cc4)cc3)c(OC(=O)OC(C)(C)C)c2cc1Cl. The summed E-state index contributed by atoms with van der Waals surface area (Å²) in [6, 6.07) is 15.1. The van der Waals surface area contributed by atoms with Crippen molar-refractivity contribution >= 4 is 28.7 Å². The number of aryl methyl sites for hydroxylation is 1. The Kier molecular flexibility index (Phi) is 8.02. The second-order valence-corrected chi connectivity index (χ2v) is 10.0. The molecule has 0 atom stereocenters. The van der Waals surface area contributed by atoms with Crippen LogP contribution in [0.2, 0.25) is 5.02 Å². The molecule has 1 aromatic heterocycles. The minimum absolute atomic E-state index is 0.204. The molecule has 11 heteroatoms. The zero-order valence-corrected chi connectivity index (χ0v) is 22.9. The van der Waals surface area contributed by atoms with Crippen LogP contribution in [-0.2, 0) is 4.74 Å². The van der Waals surface area contributed by atoms with Crippen molar-refractivity contribution in [2.45, 2.75) is 39.7 Å². The number of hydrogen-bond donors (Lipinski definition) is 0. The highest BCUT2D eigenvalue weighted by atomic mass is 35.5. The van der Waals surface area contributed by atoms with Crippen LogP contribution in [0.5, 0.6) is 28.7 Å². The van der Waals surface area contributed by atoms with E-state index in [9.17, 15) is 18.0 Å². The van der Waals surface area contributed by atoms with Gasteiger partial charge in [0.2, 0.25) is 0 Å². The van der Waals surface area contributed by atoms with Crippen LogP contribution in [0.4, 0.5) is 18.0 Å². The van der Waals surface area contributed by atoms with Gasteiger partial charge in [-0.05, 0) is 75.7 Å². The lowest BCUT2D eigenvalue weighted by molar-refractivity contribution is -0.274. The first-order chi connectivity index (χ1) is 18.7. The molecule has 0 aliphatic heterocycles. The average molecular weight is 576 g/mol. The molecule has 0 saturated heterocycles. The number of ether oxygens (including phenoxy) is 5. The Morgan fingerprint density at radius 2 is 1.48 bits per heavy atom. The fourth-order valence-corrected chi connectivity index (χ4v) is 4.09. The summed E-state index contributed by atoms with van der Waals surface area (Å²) in [5, 5.41) is 0.773. The van der Waals surface area contributed by atoms with Gasteiger partial charge in [0.05, 0.1) is 17.6 Å². The van der Waals surface area contributed by atoms with Crippen molar-refractivity contribution in [1.29, 1.82) is 0 Å². The highest BCUT2D eigenvalue weighted by molar-refractivity contribution is 6.33. The summed E-state index contributed by atoms with van der Waals surface area (Å²) in [4.78, 5) is 17.4. The van der Waals surface area contributed by atoms with E-state index in [0.29, 0.717) is 50.0 Å². The zero-order chi connectivity index (χ0) is 29.2. The Balaban J connectivity index is 1.69. The number of carbonyl (C=O) groups excluding carboxylic acids is 1. The van der Waals surface area contributed by atoms with Crippen molar-refractivity contribution in [2.24, 2.45) is 0 Å². The Morgan fingerprint density at radius 1 is 0.900 bits per heavy atom. The standard InChI is InChI=1S/C29H25ClF3NO6/c1-16-25(17-6-8-18(9-7-17)37-19-10-12-20(13-11-19)39-29(31,32)33)26(38-27(35)40-28(2,3)4)21-14-22(30)24(36-5)15-23(21)34-16/h6-15H,1-5H3. The lowest BCUT2D eigenvalue weighted by atomic mass is 10.00. The van der Waals surface area contributed by atoms with Crippen molar-refractivity contribution in [3.8, 4) is 39.9 Å². The van der Waals surface area contributed by atoms with E-state index in [4.69, 9.17) is 30.5 Å². The van der Waals surface area contributed by atoms with Crippen LogP contribution < -0.4 is 18.9 Å². The van der Waals surface area contributed by atoms with E-state index >= 15 is 0 Å². The minimum Gasteiger partial charge on any atom is -0.495 e. The van der Waals surface area contributed by atoms with Gasteiger partial charge in [-0.2, -0.15) is 0 Å². The van der Waals surface area contributed by atoms with Crippen LogP contribution in [0, 0.1) is 6.92 Å². The first-order valence-corrected chi connectivity index (χ1v) is 12.3. The molecule has 0 N–H and O–H groups in total. The summed E-state index contributed by atoms with van der Waals surface area (Å²) in [6.07, 6.45) is -5.68. The van der Waals surface area contributed by atoms with Crippen LogP contribution in [0.25, 0.3) is 22.0 Å². The molecular formula is C29H25ClF3NO6. The molecule has 4 rings (SSSR count). The van der Waals surface area contributed by atoms with Gasteiger partial charge in [0.1, 0.15) is 28.6 Å². The van der Waals surface area contributed by atoms with Gasteiger partial charge in [0, 0.05) is 22.7 Å². The largest absolute Gasteiger partial charge is 0.573 e. The molecule has 4 aromatic rings. The molecule has 0 fully saturated rings. The van der Waals surface area contributed by atoms with Crippen molar-refractivity contribution in [1.82, 2.24) is 4.98 Å². The molecule has 0 unspecified atom stereocenters. The van der Waals surface area contributed by atoms with E-state index in [-0.39, 0.29) is 11.5 Å². The number of methoxy groups -OCH3 is 1. The molecule has 1 heterocycles. The second-order valence-electron chi connectivity index (χ2n) is 9.62. The number of hydrogen-bond acceptors (Lipinski definition) is 7. The van der Waals surface area contributed by atoms with Gasteiger partial charge in [-0.25, -0.2) is 4.79 Å². The van der Waals surface area contributed by atoms with Crippen LogP contribution >= 0.6 is 11.6 Å². The highest BCUT2D eigenvalue weighted by Gasteiger charge is 2.31. The Morgan fingerprint density at radius 3 is 2.02 bits per heavy atom. The van der Waals surface area contributed by atoms with E-state index in [2.05, 4.69) is 9.72 Å². The molecule has 0 amide bonds. The summed E-state index contributed by atoms with van der Waals surface area (Å²) in [5.74, 6) is 0.988. The van der Waals surface area contributed by atoms with Gasteiger partial charge in [-0.3, -0.25) is 4.98 Å². The van der Waals surface area contributed by atoms with Crippen LogP contribution in [-0.4, -0.2) is 30.2 Å². The summed E-state index contributed by atoms with van der Waals surface area (Å²) < 4.78 is 63.3. The molecule has 0 saturated carbocycles. The number of benzene rings is 3. The second kappa shape index (κ2) is 11.1. The zero-order valence-electron chi connectivity index (χ0n) is 22.2. The summed E-state index contributed by atoms with van der Waals surface area (Å²) in [6.45, 7) is 6.94. The van der Waals surface area contributed by atoms with Crippen LogP contribution in [0.3, 0.4) is 0 Å². The molecule has 0 radical (unpaired) electrons. The van der Waals surface area contributed by atoms with Gasteiger partial charge in [-0.1, -0.05) is 23.7 Å². The molecule has 0 spiro atoms. The van der Waals surface area contributed by atoms with Crippen LogP contribution in [0.15, 0.2) is 60.7 Å². The van der Waals surface area contributed by atoms with E-state index < -0.39 is 18.1 Å². The number of fused-ring (bicyclic) bond motifs is 1.